The lowest BCUT2D eigenvalue weighted by atomic mass is 10.0. The average Bonchev–Trinajstić information content (AvgIpc) is 2.62. The van der Waals surface area contributed by atoms with Crippen LogP contribution in [-0.2, 0) is 0 Å². The van der Waals surface area contributed by atoms with Gasteiger partial charge < -0.3 is 5.73 Å². The summed E-state index contributed by atoms with van der Waals surface area (Å²) in [6, 6.07) is 7.77. The number of halogens is 2. The Bertz CT molecular complexity index is 489. The minimum absolute atomic E-state index is 0.111. The molecule has 0 bridgehead atoms. The molecule has 0 aliphatic carbocycles. The molecule has 0 amide bonds. The van der Waals surface area contributed by atoms with Gasteiger partial charge in [0.05, 0.1) is 6.04 Å². The summed E-state index contributed by atoms with van der Waals surface area (Å²) in [5.74, 6) is 0. The molecule has 0 aliphatic rings. The van der Waals surface area contributed by atoms with E-state index in [0.717, 1.165) is 15.6 Å². The first-order chi connectivity index (χ1) is 7.56. The van der Waals surface area contributed by atoms with Gasteiger partial charge in [-0.15, -0.1) is 11.3 Å². The third-order valence-electron chi connectivity index (χ3n) is 2.35. The van der Waals surface area contributed by atoms with Crippen LogP contribution in [0.2, 0.25) is 5.02 Å². The van der Waals surface area contributed by atoms with E-state index < -0.39 is 0 Å². The molecule has 1 nitrogen and oxygen atoms in total. The van der Waals surface area contributed by atoms with Crippen molar-refractivity contribution in [2.75, 3.05) is 0 Å². The van der Waals surface area contributed by atoms with Crippen molar-refractivity contribution in [3.8, 4) is 0 Å². The van der Waals surface area contributed by atoms with Gasteiger partial charge in [0.25, 0.3) is 0 Å². The van der Waals surface area contributed by atoms with Crippen molar-refractivity contribution < 1.29 is 0 Å². The van der Waals surface area contributed by atoms with Crippen molar-refractivity contribution in [1.29, 1.82) is 0 Å². The summed E-state index contributed by atoms with van der Waals surface area (Å²) in [5.41, 5.74) is 8.36. The monoisotopic (exact) mass is 315 g/mol. The van der Waals surface area contributed by atoms with E-state index in [9.17, 15) is 0 Å². The van der Waals surface area contributed by atoms with Gasteiger partial charge >= 0.3 is 0 Å². The Labute approximate surface area is 112 Å². The normalized spacial score (nSPS) is 12.8. The summed E-state index contributed by atoms with van der Waals surface area (Å²) in [5, 5.41) is 2.79. The van der Waals surface area contributed by atoms with Gasteiger partial charge in [0.2, 0.25) is 0 Å². The molecule has 2 rings (SSSR count). The molecular weight excluding hydrogens is 306 g/mol. The van der Waals surface area contributed by atoms with Gasteiger partial charge in [0.1, 0.15) is 0 Å². The molecule has 0 saturated carbocycles. The lowest BCUT2D eigenvalue weighted by molar-refractivity contribution is 0.875. The highest BCUT2D eigenvalue weighted by Crippen LogP contribution is 2.28. The maximum Gasteiger partial charge on any atom is 0.0560 e. The molecule has 16 heavy (non-hydrogen) atoms. The SMILES string of the molecule is Cc1cc(C(N)c2cc(Cl)cc(Br)c2)cs1. The Morgan fingerprint density at radius 1 is 1.25 bits per heavy atom. The van der Waals surface area contributed by atoms with Crippen molar-refractivity contribution >= 4 is 38.9 Å². The van der Waals surface area contributed by atoms with Crippen molar-refractivity contribution in [3.63, 3.8) is 0 Å². The van der Waals surface area contributed by atoms with E-state index in [0.29, 0.717) is 5.02 Å². The first kappa shape index (κ1) is 12.1. The summed E-state index contributed by atoms with van der Waals surface area (Å²) >= 11 is 11.1. The van der Waals surface area contributed by atoms with Crippen LogP contribution in [0.4, 0.5) is 0 Å². The number of hydrogen-bond acceptors (Lipinski definition) is 2. The standard InChI is InChI=1S/C12H11BrClNS/c1-7-2-9(6-16-7)12(15)8-3-10(13)5-11(14)4-8/h2-6,12H,15H2,1H3. The fraction of sp³-hybridized carbons (Fsp3) is 0.167. The summed E-state index contributed by atoms with van der Waals surface area (Å²) in [6.07, 6.45) is 0. The molecule has 2 aromatic rings. The van der Waals surface area contributed by atoms with Gasteiger partial charge in [-0.1, -0.05) is 27.5 Å². The number of nitrogens with two attached hydrogens (primary N) is 1. The quantitative estimate of drug-likeness (QED) is 0.866. The first-order valence-electron chi connectivity index (χ1n) is 4.83. The summed E-state index contributed by atoms with van der Waals surface area (Å²) in [6.45, 7) is 2.08. The molecule has 0 saturated heterocycles. The van der Waals surface area contributed by atoms with Crippen LogP contribution >= 0.6 is 38.9 Å². The van der Waals surface area contributed by atoms with Gasteiger partial charge in [0, 0.05) is 14.4 Å². The van der Waals surface area contributed by atoms with E-state index in [1.807, 2.05) is 18.2 Å². The van der Waals surface area contributed by atoms with Gasteiger partial charge in [-0.2, -0.15) is 0 Å². The second-order valence-electron chi connectivity index (χ2n) is 3.67. The Kier molecular flexibility index (Phi) is 3.70. The van der Waals surface area contributed by atoms with Crippen LogP contribution < -0.4 is 5.73 Å². The van der Waals surface area contributed by atoms with Crippen LogP contribution in [0.15, 0.2) is 34.1 Å². The van der Waals surface area contributed by atoms with Gasteiger partial charge in [-0.25, -0.2) is 0 Å². The van der Waals surface area contributed by atoms with Crippen molar-refractivity contribution in [2.45, 2.75) is 13.0 Å². The Hall–Kier alpha value is -0.350. The molecule has 0 aliphatic heterocycles. The number of benzene rings is 1. The summed E-state index contributed by atoms with van der Waals surface area (Å²) < 4.78 is 0.956. The third-order valence-corrected chi connectivity index (χ3v) is 3.91. The molecule has 1 atom stereocenters. The predicted octanol–water partition coefficient (Wildman–Crippen LogP) is 4.52. The molecule has 2 N–H and O–H groups in total. The smallest absolute Gasteiger partial charge is 0.0560 e. The van der Waals surface area contributed by atoms with Crippen LogP contribution in [0.1, 0.15) is 22.0 Å². The Morgan fingerprint density at radius 2 is 2.00 bits per heavy atom. The number of hydrogen-bond donors (Lipinski definition) is 1. The highest BCUT2D eigenvalue weighted by molar-refractivity contribution is 9.10. The van der Waals surface area contributed by atoms with Gasteiger partial charge in [-0.05, 0) is 47.7 Å². The fourth-order valence-corrected chi connectivity index (χ4v) is 3.20. The molecule has 0 fully saturated rings. The molecule has 1 aromatic carbocycles. The highest BCUT2D eigenvalue weighted by atomic mass is 79.9. The fourth-order valence-electron chi connectivity index (χ4n) is 1.57. The van der Waals surface area contributed by atoms with E-state index in [1.165, 1.54) is 4.88 Å². The lowest BCUT2D eigenvalue weighted by Gasteiger charge is -2.11. The Morgan fingerprint density at radius 3 is 2.56 bits per heavy atom. The molecule has 4 heteroatoms. The second-order valence-corrected chi connectivity index (χ2v) is 6.14. The molecule has 0 spiro atoms. The number of rotatable bonds is 2. The van der Waals surface area contributed by atoms with Gasteiger partial charge in [0.15, 0.2) is 0 Å². The largest absolute Gasteiger partial charge is 0.320 e. The topological polar surface area (TPSA) is 26.0 Å². The molecular formula is C12H11BrClNS. The van der Waals surface area contributed by atoms with E-state index in [-0.39, 0.29) is 6.04 Å². The summed E-state index contributed by atoms with van der Waals surface area (Å²) in [7, 11) is 0. The molecule has 0 radical (unpaired) electrons. The number of thiophene rings is 1. The lowest BCUT2D eigenvalue weighted by Crippen LogP contribution is -2.10. The van der Waals surface area contributed by atoms with Crippen LogP contribution in [0.3, 0.4) is 0 Å². The van der Waals surface area contributed by atoms with E-state index in [1.54, 1.807) is 11.3 Å². The van der Waals surface area contributed by atoms with Crippen LogP contribution in [-0.4, -0.2) is 0 Å². The van der Waals surface area contributed by atoms with Crippen molar-refractivity contribution in [1.82, 2.24) is 0 Å². The zero-order chi connectivity index (χ0) is 11.7. The molecule has 84 valence electrons. The zero-order valence-corrected chi connectivity index (χ0v) is 11.9. The molecule has 1 heterocycles. The van der Waals surface area contributed by atoms with Crippen LogP contribution in [0.5, 0.6) is 0 Å². The van der Waals surface area contributed by atoms with E-state index in [4.69, 9.17) is 17.3 Å². The first-order valence-corrected chi connectivity index (χ1v) is 6.88. The average molecular weight is 317 g/mol. The maximum atomic E-state index is 6.19. The van der Waals surface area contributed by atoms with Crippen molar-refractivity contribution in [3.05, 3.63) is 55.1 Å². The minimum Gasteiger partial charge on any atom is -0.320 e. The molecule has 1 unspecified atom stereocenters. The maximum absolute atomic E-state index is 6.19. The van der Waals surface area contributed by atoms with Gasteiger partial charge in [-0.3, -0.25) is 0 Å². The third kappa shape index (κ3) is 2.66. The zero-order valence-electron chi connectivity index (χ0n) is 8.71. The molecule has 1 aromatic heterocycles. The summed E-state index contributed by atoms with van der Waals surface area (Å²) in [4.78, 5) is 1.27. The predicted molar refractivity (Wildman–Crippen MR) is 74.2 cm³/mol. The highest BCUT2D eigenvalue weighted by Gasteiger charge is 2.11. The van der Waals surface area contributed by atoms with E-state index in [2.05, 4.69) is 34.3 Å². The number of aryl methyl sites for hydroxylation is 1. The van der Waals surface area contributed by atoms with E-state index >= 15 is 0 Å². The second kappa shape index (κ2) is 4.88. The van der Waals surface area contributed by atoms with Crippen LogP contribution in [0.25, 0.3) is 0 Å². The van der Waals surface area contributed by atoms with Crippen molar-refractivity contribution in [2.24, 2.45) is 5.73 Å². The minimum atomic E-state index is -0.111. The van der Waals surface area contributed by atoms with Crippen LogP contribution in [0, 0.1) is 6.92 Å². The Balaban J connectivity index is 2.37.